The number of fused-ring (bicyclic) bond motifs is 1. The van der Waals surface area contributed by atoms with Crippen LogP contribution in [-0.2, 0) is 14.3 Å². The first-order chi connectivity index (χ1) is 15.5. The Labute approximate surface area is 181 Å². The Bertz CT molecular complexity index is 1110. The van der Waals surface area contributed by atoms with Crippen molar-refractivity contribution in [2.45, 2.75) is 43.8 Å². The standard InChI is InChI=1S/C20H23F2N7O3/c1-31-18(30)14-7-12(32-10-15(21)22)9-29(14)20-24-17-3-2-6-28(17)19(25-20)23-16-8-13(26-27-16)11-4-5-11/h2-3,6,8,11-12,14-15H,4-5,7,9-10H2,1H3,(H2,23,24,25,26,27). The molecule has 0 radical (unpaired) electrons. The van der Waals surface area contributed by atoms with Crippen LogP contribution in [0.2, 0.25) is 0 Å². The predicted molar refractivity (Wildman–Crippen MR) is 110 cm³/mol. The molecule has 2 N–H and O–H groups in total. The fourth-order valence-corrected chi connectivity index (χ4v) is 3.96. The third-order valence-corrected chi connectivity index (χ3v) is 5.68. The molecule has 5 rings (SSSR count). The van der Waals surface area contributed by atoms with Gasteiger partial charge in [-0.1, -0.05) is 0 Å². The van der Waals surface area contributed by atoms with Crippen LogP contribution in [0.15, 0.2) is 24.4 Å². The second kappa shape index (κ2) is 8.34. The molecule has 1 saturated carbocycles. The molecule has 4 heterocycles. The van der Waals surface area contributed by atoms with Gasteiger partial charge in [-0.2, -0.15) is 15.1 Å². The van der Waals surface area contributed by atoms with Crippen molar-refractivity contribution in [1.82, 2.24) is 24.6 Å². The summed E-state index contributed by atoms with van der Waals surface area (Å²) >= 11 is 0. The summed E-state index contributed by atoms with van der Waals surface area (Å²) in [5.74, 6) is 1.39. The van der Waals surface area contributed by atoms with E-state index in [1.54, 1.807) is 9.30 Å². The summed E-state index contributed by atoms with van der Waals surface area (Å²) in [4.78, 5) is 23.2. The Hall–Kier alpha value is -3.28. The highest BCUT2D eigenvalue weighted by molar-refractivity contribution is 5.80. The molecule has 12 heteroatoms. The van der Waals surface area contributed by atoms with E-state index in [9.17, 15) is 13.6 Å². The number of carbonyl (C=O) groups excluding carboxylic acids is 1. The average Bonchev–Trinajstić information content (AvgIpc) is 3.17. The fraction of sp³-hybridized carbons (Fsp3) is 0.500. The van der Waals surface area contributed by atoms with E-state index in [1.165, 1.54) is 7.11 Å². The van der Waals surface area contributed by atoms with Crippen LogP contribution in [0.25, 0.3) is 5.65 Å². The molecule has 2 unspecified atom stereocenters. The molecule has 1 aliphatic carbocycles. The summed E-state index contributed by atoms with van der Waals surface area (Å²) in [6.07, 6.45) is 1.18. The maximum Gasteiger partial charge on any atom is 0.328 e. The largest absolute Gasteiger partial charge is 0.467 e. The van der Waals surface area contributed by atoms with Crippen molar-refractivity contribution in [2.75, 3.05) is 30.5 Å². The number of esters is 1. The lowest BCUT2D eigenvalue weighted by molar-refractivity contribution is -0.142. The number of methoxy groups -OCH3 is 1. The van der Waals surface area contributed by atoms with Gasteiger partial charge in [0, 0.05) is 36.8 Å². The van der Waals surface area contributed by atoms with Crippen molar-refractivity contribution in [3.63, 3.8) is 0 Å². The van der Waals surface area contributed by atoms with Crippen LogP contribution in [0, 0.1) is 0 Å². The van der Waals surface area contributed by atoms with E-state index in [2.05, 4.69) is 25.5 Å². The van der Waals surface area contributed by atoms with E-state index < -0.39 is 31.1 Å². The number of anilines is 3. The fourth-order valence-electron chi connectivity index (χ4n) is 3.96. The number of hydrogen-bond donors (Lipinski definition) is 2. The van der Waals surface area contributed by atoms with Crippen molar-refractivity contribution < 1.29 is 23.0 Å². The van der Waals surface area contributed by atoms with Crippen LogP contribution in [-0.4, -0.2) is 69.4 Å². The highest BCUT2D eigenvalue weighted by Crippen LogP contribution is 2.39. The Morgan fingerprint density at radius 3 is 2.97 bits per heavy atom. The summed E-state index contributed by atoms with van der Waals surface area (Å²) in [5.41, 5.74) is 1.69. The minimum absolute atomic E-state index is 0.192. The zero-order valence-electron chi connectivity index (χ0n) is 17.4. The van der Waals surface area contributed by atoms with Crippen LogP contribution in [0.5, 0.6) is 0 Å². The molecule has 3 aromatic heterocycles. The number of aromatic amines is 1. The molecule has 32 heavy (non-hydrogen) atoms. The van der Waals surface area contributed by atoms with Gasteiger partial charge in [-0.25, -0.2) is 13.6 Å². The number of nitrogens with zero attached hydrogens (tertiary/aromatic N) is 5. The lowest BCUT2D eigenvalue weighted by Crippen LogP contribution is -2.38. The SMILES string of the molecule is COC(=O)C1CC(OCC(F)F)CN1c1nc(Nc2cc(C3CC3)[nH]n2)n2cccc2n1. The molecule has 2 fully saturated rings. The highest BCUT2D eigenvalue weighted by atomic mass is 19.3. The van der Waals surface area contributed by atoms with Gasteiger partial charge in [0.2, 0.25) is 11.9 Å². The van der Waals surface area contributed by atoms with Gasteiger partial charge in [-0.15, -0.1) is 0 Å². The lowest BCUT2D eigenvalue weighted by atomic mass is 10.2. The van der Waals surface area contributed by atoms with Crippen LogP contribution in [0.1, 0.15) is 30.9 Å². The maximum atomic E-state index is 12.6. The molecule has 1 saturated heterocycles. The molecule has 1 aliphatic heterocycles. The number of hydrogen-bond acceptors (Lipinski definition) is 8. The van der Waals surface area contributed by atoms with E-state index in [0.717, 1.165) is 18.5 Å². The molecule has 0 spiro atoms. The Balaban J connectivity index is 1.44. The van der Waals surface area contributed by atoms with Gasteiger partial charge in [0.15, 0.2) is 5.82 Å². The number of ether oxygens (including phenoxy) is 2. The van der Waals surface area contributed by atoms with E-state index >= 15 is 0 Å². The number of nitrogens with one attached hydrogen (secondary N) is 2. The van der Waals surface area contributed by atoms with Crippen molar-refractivity contribution in [2.24, 2.45) is 0 Å². The van der Waals surface area contributed by atoms with E-state index in [4.69, 9.17) is 9.47 Å². The normalized spacial score (nSPS) is 20.9. The summed E-state index contributed by atoms with van der Waals surface area (Å²) in [6, 6.07) is 4.86. The molecule has 10 nitrogen and oxygen atoms in total. The second-order valence-electron chi connectivity index (χ2n) is 7.96. The summed E-state index contributed by atoms with van der Waals surface area (Å²) < 4.78 is 37.2. The zero-order valence-corrected chi connectivity index (χ0v) is 17.4. The highest BCUT2D eigenvalue weighted by Gasteiger charge is 2.40. The van der Waals surface area contributed by atoms with Crippen molar-refractivity contribution in [3.05, 3.63) is 30.1 Å². The number of carbonyl (C=O) groups is 1. The molecule has 2 aliphatic rings. The summed E-state index contributed by atoms with van der Waals surface area (Å²) in [7, 11) is 1.28. The number of H-pyrrole nitrogens is 1. The van der Waals surface area contributed by atoms with E-state index in [0.29, 0.717) is 23.3 Å². The van der Waals surface area contributed by atoms with Crippen LogP contribution in [0.3, 0.4) is 0 Å². The van der Waals surface area contributed by atoms with Gasteiger partial charge in [0.25, 0.3) is 6.43 Å². The molecular weight excluding hydrogens is 424 g/mol. The van der Waals surface area contributed by atoms with Crippen LogP contribution < -0.4 is 10.2 Å². The molecule has 2 atom stereocenters. The lowest BCUT2D eigenvalue weighted by Gasteiger charge is -2.23. The first-order valence-electron chi connectivity index (χ1n) is 10.4. The number of alkyl halides is 2. The van der Waals surface area contributed by atoms with Gasteiger partial charge >= 0.3 is 5.97 Å². The molecule has 0 aromatic carbocycles. The molecule has 3 aromatic rings. The average molecular weight is 447 g/mol. The van der Waals surface area contributed by atoms with Gasteiger partial charge in [0.05, 0.1) is 13.2 Å². The Kier molecular flexibility index (Phi) is 5.37. The Morgan fingerprint density at radius 2 is 2.22 bits per heavy atom. The Morgan fingerprint density at radius 1 is 1.38 bits per heavy atom. The van der Waals surface area contributed by atoms with E-state index in [-0.39, 0.29) is 18.9 Å². The molecular formula is C20H23F2N7O3. The van der Waals surface area contributed by atoms with Gasteiger partial charge in [0.1, 0.15) is 18.3 Å². The van der Waals surface area contributed by atoms with E-state index in [1.807, 2.05) is 24.4 Å². The number of rotatable bonds is 8. The predicted octanol–water partition coefficient (Wildman–Crippen LogP) is 2.48. The smallest absolute Gasteiger partial charge is 0.328 e. The molecule has 170 valence electrons. The number of aromatic nitrogens is 5. The van der Waals surface area contributed by atoms with Gasteiger partial charge < -0.3 is 19.7 Å². The molecule has 0 bridgehead atoms. The first-order valence-corrected chi connectivity index (χ1v) is 10.4. The van der Waals surface area contributed by atoms with Gasteiger partial charge in [-0.3, -0.25) is 9.50 Å². The second-order valence-corrected chi connectivity index (χ2v) is 7.96. The topological polar surface area (TPSA) is 110 Å². The zero-order chi connectivity index (χ0) is 22.2. The monoisotopic (exact) mass is 447 g/mol. The quantitative estimate of drug-likeness (QED) is 0.507. The van der Waals surface area contributed by atoms with Crippen LogP contribution >= 0.6 is 0 Å². The van der Waals surface area contributed by atoms with Crippen molar-refractivity contribution in [1.29, 1.82) is 0 Å². The van der Waals surface area contributed by atoms with Crippen molar-refractivity contribution >= 4 is 29.3 Å². The molecule has 0 amide bonds. The first kappa shape index (κ1) is 20.6. The van der Waals surface area contributed by atoms with Gasteiger partial charge in [-0.05, 0) is 25.0 Å². The third-order valence-electron chi connectivity index (χ3n) is 5.68. The minimum Gasteiger partial charge on any atom is -0.467 e. The van der Waals surface area contributed by atoms with Crippen LogP contribution in [0.4, 0.5) is 26.5 Å². The maximum absolute atomic E-state index is 12.6. The number of halogens is 2. The minimum atomic E-state index is -2.58. The third kappa shape index (κ3) is 4.09. The summed E-state index contributed by atoms with van der Waals surface area (Å²) in [5, 5.41) is 10.6. The van der Waals surface area contributed by atoms with Crippen molar-refractivity contribution in [3.8, 4) is 0 Å². The summed E-state index contributed by atoms with van der Waals surface area (Å²) in [6.45, 7) is -0.503.